The average Bonchev–Trinajstić information content (AvgIpc) is 2.61. The van der Waals surface area contributed by atoms with E-state index in [4.69, 9.17) is 14.2 Å². The van der Waals surface area contributed by atoms with E-state index in [1.165, 1.54) is 0 Å². The van der Waals surface area contributed by atoms with Gasteiger partial charge in [-0.2, -0.15) is 0 Å². The molecule has 1 saturated heterocycles. The number of nitrogens with zero attached hydrogens (tertiary/aromatic N) is 1. The van der Waals surface area contributed by atoms with Crippen LogP contribution in [0.5, 0.6) is 11.6 Å². The molecule has 1 aromatic heterocycles. The van der Waals surface area contributed by atoms with Gasteiger partial charge in [-0.05, 0) is 43.2 Å². The number of ether oxygens (including phenoxy) is 3. The molecule has 126 valence electrons. The summed E-state index contributed by atoms with van der Waals surface area (Å²) in [6, 6.07) is 9.30. The molecule has 1 atom stereocenters. The van der Waals surface area contributed by atoms with Crippen LogP contribution in [0.2, 0.25) is 0 Å². The van der Waals surface area contributed by atoms with Gasteiger partial charge in [-0.25, -0.2) is 4.98 Å². The maximum Gasteiger partial charge on any atom is 0.256 e. The summed E-state index contributed by atoms with van der Waals surface area (Å²) < 4.78 is 16.6. The van der Waals surface area contributed by atoms with Crippen molar-refractivity contribution in [2.45, 2.75) is 20.0 Å². The van der Waals surface area contributed by atoms with Crippen molar-refractivity contribution < 1.29 is 19.0 Å². The summed E-state index contributed by atoms with van der Waals surface area (Å²) in [4.78, 5) is 16.5. The molecular weight excluding hydrogens is 308 g/mol. The molecule has 1 unspecified atom stereocenters. The Morgan fingerprint density at radius 2 is 2.12 bits per heavy atom. The SMILES string of the molecule is Cc1cccc(Oc2ncccc2NC(=O)C2COCCO2)c1C. The normalized spacial score (nSPS) is 17.3. The van der Waals surface area contributed by atoms with Crippen LogP contribution in [0.15, 0.2) is 36.5 Å². The van der Waals surface area contributed by atoms with E-state index in [9.17, 15) is 4.79 Å². The summed E-state index contributed by atoms with van der Waals surface area (Å²) in [5, 5.41) is 2.80. The summed E-state index contributed by atoms with van der Waals surface area (Å²) in [6.45, 7) is 5.18. The highest BCUT2D eigenvalue weighted by Gasteiger charge is 2.24. The number of carbonyl (C=O) groups excluding carboxylic acids is 1. The van der Waals surface area contributed by atoms with Crippen molar-refractivity contribution in [1.82, 2.24) is 4.98 Å². The third-order valence-corrected chi connectivity index (χ3v) is 3.90. The monoisotopic (exact) mass is 328 g/mol. The first-order chi connectivity index (χ1) is 11.6. The van der Waals surface area contributed by atoms with E-state index < -0.39 is 6.10 Å². The molecule has 6 heteroatoms. The molecule has 1 aliphatic heterocycles. The van der Waals surface area contributed by atoms with Gasteiger partial charge >= 0.3 is 0 Å². The van der Waals surface area contributed by atoms with E-state index in [0.29, 0.717) is 30.5 Å². The number of aryl methyl sites for hydroxylation is 1. The second-order valence-corrected chi connectivity index (χ2v) is 5.58. The predicted octanol–water partition coefficient (Wildman–Crippen LogP) is 2.84. The van der Waals surface area contributed by atoms with Gasteiger partial charge in [0.25, 0.3) is 5.91 Å². The lowest BCUT2D eigenvalue weighted by molar-refractivity contribution is -0.142. The van der Waals surface area contributed by atoms with Gasteiger partial charge in [0.1, 0.15) is 11.4 Å². The molecule has 1 aromatic carbocycles. The number of hydrogen-bond donors (Lipinski definition) is 1. The van der Waals surface area contributed by atoms with Crippen molar-refractivity contribution in [2.24, 2.45) is 0 Å². The fourth-order valence-corrected chi connectivity index (χ4v) is 2.36. The average molecular weight is 328 g/mol. The molecule has 2 heterocycles. The summed E-state index contributed by atoms with van der Waals surface area (Å²) in [6.07, 6.45) is 1.00. The molecule has 2 aromatic rings. The molecule has 3 rings (SSSR count). The molecule has 1 fully saturated rings. The Labute approximate surface area is 140 Å². The Kier molecular flexibility index (Phi) is 5.08. The zero-order chi connectivity index (χ0) is 16.9. The van der Waals surface area contributed by atoms with Gasteiger partial charge in [0.2, 0.25) is 5.88 Å². The molecule has 1 N–H and O–H groups in total. The lowest BCUT2D eigenvalue weighted by atomic mass is 10.1. The highest BCUT2D eigenvalue weighted by atomic mass is 16.6. The highest BCUT2D eigenvalue weighted by molar-refractivity contribution is 5.95. The molecule has 0 radical (unpaired) electrons. The quantitative estimate of drug-likeness (QED) is 0.934. The number of rotatable bonds is 4. The van der Waals surface area contributed by atoms with Crippen molar-refractivity contribution in [3.63, 3.8) is 0 Å². The van der Waals surface area contributed by atoms with Crippen molar-refractivity contribution in [1.29, 1.82) is 0 Å². The second-order valence-electron chi connectivity index (χ2n) is 5.58. The lowest BCUT2D eigenvalue weighted by Gasteiger charge is -2.22. The smallest absolute Gasteiger partial charge is 0.256 e. The van der Waals surface area contributed by atoms with Crippen LogP contribution in [0, 0.1) is 13.8 Å². The van der Waals surface area contributed by atoms with E-state index >= 15 is 0 Å². The third-order valence-electron chi connectivity index (χ3n) is 3.90. The van der Waals surface area contributed by atoms with Crippen molar-refractivity contribution >= 4 is 11.6 Å². The van der Waals surface area contributed by atoms with E-state index in [2.05, 4.69) is 10.3 Å². The molecular formula is C18H20N2O4. The molecule has 1 amide bonds. The van der Waals surface area contributed by atoms with Crippen LogP contribution in [0.4, 0.5) is 5.69 Å². The van der Waals surface area contributed by atoms with E-state index in [1.54, 1.807) is 18.3 Å². The Balaban J connectivity index is 1.77. The number of aromatic nitrogens is 1. The zero-order valence-electron chi connectivity index (χ0n) is 13.7. The fraction of sp³-hybridized carbons (Fsp3) is 0.333. The molecule has 1 aliphatic rings. The minimum Gasteiger partial charge on any atom is -0.437 e. The number of amides is 1. The first kappa shape index (κ1) is 16.4. The van der Waals surface area contributed by atoms with Gasteiger partial charge in [-0.15, -0.1) is 0 Å². The Bertz CT molecular complexity index is 727. The maximum absolute atomic E-state index is 12.3. The van der Waals surface area contributed by atoms with Crippen LogP contribution in [-0.2, 0) is 14.3 Å². The number of hydrogen-bond acceptors (Lipinski definition) is 5. The second kappa shape index (κ2) is 7.42. The maximum atomic E-state index is 12.3. The van der Waals surface area contributed by atoms with E-state index in [-0.39, 0.29) is 12.5 Å². The molecule has 0 aliphatic carbocycles. The van der Waals surface area contributed by atoms with Gasteiger partial charge in [-0.1, -0.05) is 12.1 Å². The first-order valence-corrected chi connectivity index (χ1v) is 7.84. The van der Waals surface area contributed by atoms with Crippen LogP contribution in [0.1, 0.15) is 11.1 Å². The number of nitrogens with one attached hydrogen (secondary N) is 1. The van der Waals surface area contributed by atoms with Gasteiger partial charge < -0.3 is 19.5 Å². The molecule has 24 heavy (non-hydrogen) atoms. The highest BCUT2D eigenvalue weighted by Crippen LogP contribution is 2.30. The minimum absolute atomic E-state index is 0.249. The van der Waals surface area contributed by atoms with Crippen molar-refractivity contribution in [3.8, 4) is 11.6 Å². The third kappa shape index (κ3) is 3.72. The van der Waals surface area contributed by atoms with Crippen LogP contribution < -0.4 is 10.1 Å². The first-order valence-electron chi connectivity index (χ1n) is 7.84. The number of benzene rings is 1. The Morgan fingerprint density at radius 1 is 1.25 bits per heavy atom. The molecule has 0 saturated carbocycles. The van der Waals surface area contributed by atoms with Gasteiger partial charge in [0, 0.05) is 6.20 Å². The fourth-order valence-electron chi connectivity index (χ4n) is 2.36. The molecule has 6 nitrogen and oxygen atoms in total. The standard InChI is InChI=1S/C18H20N2O4/c1-12-5-3-7-15(13(12)2)24-18-14(6-4-8-19-18)20-17(21)16-11-22-9-10-23-16/h3-8,16H,9-11H2,1-2H3,(H,20,21). The van der Waals surface area contributed by atoms with Gasteiger partial charge in [0.05, 0.1) is 19.8 Å². The number of carbonyl (C=O) groups is 1. The van der Waals surface area contributed by atoms with Crippen molar-refractivity contribution in [2.75, 3.05) is 25.1 Å². The largest absolute Gasteiger partial charge is 0.437 e. The lowest BCUT2D eigenvalue weighted by Crippen LogP contribution is -2.39. The van der Waals surface area contributed by atoms with Crippen LogP contribution in [0.3, 0.4) is 0 Å². The van der Waals surface area contributed by atoms with Crippen LogP contribution in [-0.4, -0.2) is 36.8 Å². The van der Waals surface area contributed by atoms with Crippen LogP contribution >= 0.6 is 0 Å². The number of anilines is 1. The van der Waals surface area contributed by atoms with Gasteiger partial charge in [-0.3, -0.25) is 4.79 Å². The predicted molar refractivity (Wildman–Crippen MR) is 89.4 cm³/mol. The molecule has 0 bridgehead atoms. The molecule has 0 spiro atoms. The summed E-state index contributed by atoms with van der Waals surface area (Å²) in [7, 11) is 0. The Morgan fingerprint density at radius 3 is 2.92 bits per heavy atom. The number of pyridine rings is 1. The van der Waals surface area contributed by atoms with Crippen LogP contribution in [0.25, 0.3) is 0 Å². The van der Waals surface area contributed by atoms with Gasteiger partial charge in [0.15, 0.2) is 6.10 Å². The minimum atomic E-state index is -0.618. The van der Waals surface area contributed by atoms with Crippen molar-refractivity contribution in [3.05, 3.63) is 47.7 Å². The Hall–Kier alpha value is -2.44. The summed E-state index contributed by atoms with van der Waals surface area (Å²) in [5.41, 5.74) is 2.66. The van der Waals surface area contributed by atoms with E-state index in [0.717, 1.165) is 11.1 Å². The van der Waals surface area contributed by atoms with E-state index in [1.807, 2.05) is 32.0 Å². The summed E-state index contributed by atoms with van der Waals surface area (Å²) >= 11 is 0. The zero-order valence-corrected chi connectivity index (χ0v) is 13.7. The topological polar surface area (TPSA) is 69.7 Å². The summed E-state index contributed by atoms with van der Waals surface area (Å²) in [5.74, 6) is 0.784.